The van der Waals surface area contributed by atoms with E-state index < -0.39 is 11.9 Å². The first kappa shape index (κ1) is 15.0. The fraction of sp³-hybridized carbons (Fsp3) is 0.857. The Morgan fingerprint density at radius 3 is 2.33 bits per heavy atom. The molecule has 0 aromatic rings. The van der Waals surface area contributed by atoms with Crippen LogP contribution in [0.15, 0.2) is 0 Å². The fourth-order valence-corrected chi connectivity index (χ4v) is 2.68. The number of rotatable bonds is 5. The zero-order valence-electron chi connectivity index (χ0n) is 11.8. The Balaban J connectivity index is 2.63. The smallest absolute Gasteiger partial charge is 0.307 e. The summed E-state index contributed by atoms with van der Waals surface area (Å²) in [6.45, 7) is 8.18. The highest BCUT2D eigenvalue weighted by Gasteiger charge is 2.41. The number of amides is 1. The van der Waals surface area contributed by atoms with Crippen molar-refractivity contribution in [3.8, 4) is 0 Å². The van der Waals surface area contributed by atoms with Crippen LogP contribution in [0.4, 0.5) is 0 Å². The van der Waals surface area contributed by atoms with Crippen LogP contribution in [0.5, 0.6) is 0 Å². The first-order valence-electron chi connectivity index (χ1n) is 6.89. The molecule has 4 nitrogen and oxygen atoms in total. The van der Waals surface area contributed by atoms with Crippen LogP contribution in [0.3, 0.4) is 0 Å². The number of carboxylic acid groups (broad SMARTS) is 1. The van der Waals surface area contributed by atoms with Crippen LogP contribution < -0.4 is 5.32 Å². The molecule has 0 saturated heterocycles. The lowest BCUT2D eigenvalue weighted by Crippen LogP contribution is -2.42. The number of carbonyl (C=O) groups is 2. The van der Waals surface area contributed by atoms with E-state index in [-0.39, 0.29) is 17.9 Å². The van der Waals surface area contributed by atoms with Gasteiger partial charge in [0.2, 0.25) is 5.91 Å². The van der Waals surface area contributed by atoms with Crippen LogP contribution in [0, 0.1) is 23.7 Å². The van der Waals surface area contributed by atoms with Gasteiger partial charge in [-0.3, -0.25) is 9.59 Å². The van der Waals surface area contributed by atoms with Gasteiger partial charge in [-0.05, 0) is 31.6 Å². The van der Waals surface area contributed by atoms with Crippen molar-refractivity contribution in [1.29, 1.82) is 0 Å². The third kappa shape index (κ3) is 3.47. The minimum atomic E-state index is -0.837. The van der Waals surface area contributed by atoms with Crippen molar-refractivity contribution in [3.63, 3.8) is 0 Å². The molecule has 1 aliphatic carbocycles. The van der Waals surface area contributed by atoms with E-state index in [9.17, 15) is 9.59 Å². The van der Waals surface area contributed by atoms with E-state index in [0.29, 0.717) is 24.7 Å². The quantitative estimate of drug-likeness (QED) is 0.792. The zero-order chi connectivity index (χ0) is 13.9. The molecule has 1 fully saturated rings. The van der Waals surface area contributed by atoms with Gasteiger partial charge in [-0.25, -0.2) is 0 Å². The predicted molar refractivity (Wildman–Crippen MR) is 70.1 cm³/mol. The second-order valence-corrected chi connectivity index (χ2v) is 5.81. The lowest BCUT2D eigenvalue weighted by atomic mass is 9.94. The van der Waals surface area contributed by atoms with Crippen LogP contribution in [0.25, 0.3) is 0 Å². The largest absolute Gasteiger partial charge is 0.481 e. The molecular formula is C14H25NO3. The van der Waals surface area contributed by atoms with Crippen molar-refractivity contribution in [2.45, 2.75) is 53.0 Å². The van der Waals surface area contributed by atoms with E-state index in [4.69, 9.17) is 5.11 Å². The van der Waals surface area contributed by atoms with Crippen molar-refractivity contribution in [3.05, 3.63) is 0 Å². The van der Waals surface area contributed by atoms with Gasteiger partial charge in [0.1, 0.15) is 0 Å². The Morgan fingerprint density at radius 1 is 1.28 bits per heavy atom. The lowest BCUT2D eigenvalue weighted by molar-refractivity contribution is -0.146. The minimum absolute atomic E-state index is 0.0837. The van der Waals surface area contributed by atoms with Crippen molar-refractivity contribution in [1.82, 2.24) is 5.32 Å². The number of carbonyl (C=O) groups excluding carboxylic acids is 1. The second kappa shape index (κ2) is 6.21. The number of aliphatic carboxylic acids is 1. The van der Waals surface area contributed by atoms with E-state index >= 15 is 0 Å². The third-order valence-electron chi connectivity index (χ3n) is 4.32. The Bertz CT molecular complexity index is 316. The Hall–Kier alpha value is -1.06. The van der Waals surface area contributed by atoms with Gasteiger partial charge in [0.25, 0.3) is 0 Å². The first-order valence-corrected chi connectivity index (χ1v) is 6.89. The summed E-state index contributed by atoms with van der Waals surface area (Å²) >= 11 is 0. The monoisotopic (exact) mass is 255 g/mol. The summed E-state index contributed by atoms with van der Waals surface area (Å²) in [5.41, 5.74) is 0. The molecule has 0 bridgehead atoms. The molecule has 0 radical (unpaired) electrons. The normalized spacial score (nSPS) is 30.8. The van der Waals surface area contributed by atoms with Gasteiger partial charge in [-0.15, -0.1) is 0 Å². The molecule has 18 heavy (non-hydrogen) atoms. The zero-order valence-corrected chi connectivity index (χ0v) is 11.8. The van der Waals surface area contributed by atoms with Crippen LogP contribution in [0.2, 0.25) is 0 Å². The number of nitrogens with one attached hydrogen (secondary N) is 1. The molecule has 104 valence electrons. The van der Waals surface area contributed by atoms with Crippen molar-refractivity contribution in [2.24, 2.45) is 23.7 Å². The molecule has 0 heterocycles. The van der Waals surface area contributed by atoms with Gasteiger partial charge >= 0.3 is 5.97 Å². The van der Waals surface area contributed by atoms with Gasteiger partial charge in [0, 0.05) is 6.04 Å². The van der Waals surface area contributed by atoms with Gasteiger partial charge < -0.3 is 10.4 Å². The Morgan fingerprint density at radius 2 is 1.83 bits per heavy atom. The third-order valence-corrected chi connectivity index (χ3v) is 4.32. The van der Waals surface area contributed by atoms with Crippen molar-refractivity contribution < 1.29 is 14.7 Å². The van der Waals surface area contributed by atoms with Crippen LogP contribution in [0.1, 0.15) is 47.0 Å². The standard InChI is InChI=1S/C14H25NO3/c1-5-9(3)10(4)15-13(16)11-6-8(2)7-12(11)14(17)18/h8-12H,5-7H2,1-4H3,(H,15,16)(H,17,18)/t8?,9?,10?,11-,12+/m0/s1. The molecular weight excluding hydrogens is 230 g/mol. The fourth-order valence-electron chi connectivity index (χ4n) is 2.68. The van der Waals surface area contributed by atoms with E-state index in [1.165, 1.54) is 0 Å². The average molecular weight is 255 g/mol. The van der Waals surface area contributed by atoms with Crippen LogP contribution >= 0.6 is 0 Å². The molecule has 0 spiro atoms. The van der Waals surface area contributed by atoms with Crippen LogP contribution in [-0.2, 0) is 9.59 Å². The average Bonchev–Trinajstić information content (AvgIpc) is 2.70. The summed E-state index contributed by atoms with van der Waals surface area (Å²) in [6.07, 6.45) is 2.31. The van der Waals surface area contributed by atoms with Gasteiger partial charge in [0.15, 0.2) is 0 Å². The Labute approximate surface area is 109 Å². The topological polar surface area (TPSA) is 66.4 Å². The molecule has 2 N–H and O–H groups in total. The van der Waals surface area contributed by atoms with E-state index in [0.717, 1.165) is 6.42 Å². The molecule has 0 aliphatic heterocycles. The highest BCUT2D eigenvalue weighted by molar-refractivity contribution is 5.85. The number of hydrogen-bond donors (Lipinski definition) is 2. The number of hydrogen-bond acceptors (Lipinski definition) is 2. The molecule has 1 aliphatic rings. The lowest BCUT2D eigenvalue weighted by Gasteiger charge is -2.23. The van der Waals surface area contributed by atoms with Crippen LogP contribution in [-0.4, -0.2) is 23.0 Å². The van der Waals surface area contributed by atoms with Gasteiger partial charge in [-0.2, -0.15) is 0 Å². The highest BCUT2D eigenvalue weighted by atomic mass is 16.4. The highest BCUT2D eigenvalue weighted by Crippen LogP contribution is 2.36. The summed E-state index contributed by atoms with van der Waals surface area (Å²) in [4.78, 5) is 23.3. The second-order valence-electron chi connectivity index (χ2n) is 5.81. The molecule has 0 aromatic carbocycles. The number of carboxylic acids is 1. The van der Waals surface area contributed by atoms with Gasteiger partial charge in [-0.1, -0.05) is 27.2 Å². The summed E-state index contributed by atoms with van der Waals surface area (Å²) < 4.78 is 0. The van der Waals surface area contributed by atoms with Crippen molar-refractivity contribution >= 4 is 11.9 Å². The molecule has 1 saturated carbocycles. The molecule has 5 atom stereocenters. The summed E-state index contributed by atoms with van der Waals surface area (Å²) in [5.74, 6) is -1.06. The minimum Gasteiger partial charge on any atom is -0.481 e. The maximum absolute atomic E-state index is 12.2. The van der Waals surface area contributed by atoms with Gasteiger partial charge in [0.05, 0.1) is 11.8 Å². The maximum Gasteiger partial charge on any atom is 0.307 e. The summed E-state index contributed by atoms with van der Waals surface area (Å²) in [7, 11) is 0. The van der Waals surface area contributed by atoms with E-state index in [1.807, 2.05) is 13.8 Å². The molecule has 4 heteroatoms. The SMILES string of the molecule is CCC(C)C(C)NC(=O)[C@H]1CC(C)C[C@H]1C(=O)O. The maximum atomic E-state index is 12.2. The summed E-state index contributed by atoms with van der Waals surface area (Å²) in [5, 5.41) is 12.1. The first-order chi connectivity index (χ1) is 8.36. The summed E-state index contributed by atoms with van der Waals surface area (Å²) in [6, 6.07) is 0.104. The molecule has 3 unspecified atom stereocenters. The Kier molecular flexibility index (Phi) is 5.17. The molecule has 1 amide bonds. The van der Waals surface area contributed by atoms with E-state index in [2.05, 4.69) is 19.2 Å². The molecule has 1 rings (SSSR count). The molecule has 0 aromatic heterocycles. The van der Waals surface area contributed by atoms with Crippen molar-refractivity contribution in [2.75, 3.05) is 0 Å². The predicted octanol–water partition coefficient (Wildman–Crippen LogP) is 2.28. The van der Waals surface area contributed by atoms with E-state index in [1.54, 1.807) is 0 Å².